The molecule has 0 aliphatic carbocycles. The largest absolute Gasteiger partial charge is 0.383 e. The molecule has 12 nitrogen and oxygen atoms in total. The summed E-state index contributed by atoms with van der Waals surface area (Å²) in [7, 11) is 1.62. The minimum Gasteiger partial charge on any atom is -0.383 e. The van der Waals surface area contributed by atoms with Crippen molar-refractivity contribution in [2.45, 2.75) is 32.2 Å². The number of aryl methyl sites for hydroxylation is 2. The van der Waals surface area contributed by atoms with Gasteiger partial charge >= 0.3 is 0 Å². The first-order valence-electron chi connectivity index (χ1n) is 14.1. The summed E-state index contributed by atoms with van der Waals surface area (Å²) >= 11 is 0. The molecule has 0 saturated heterocycles. The lowest BCUT2D eigenvalue weighted by molar-refractivity contribution is 0.0706. The van der Waals surface area contributed by atoms with E-state index >= 15 is 0 Å². The SMILES string of the molecule is CC[C@H](Nc1nc(N)nc(N)c1/C=N/C)c1nc2cccc(CCc3ccc(C(=O)NO)cc3)c2c(=O)n1-c1ccccc1. The molecule has 12 heteroatoms. The minimum absolute atomic E-state index is 0.0102. The van der Waals surface area contributed by atoms with E-state index in [4.69, 9.17) is 21.7 Å². The second-order valence-electron chi connectivity index (χ2n) is 10.1. The van der Waals surface area contributed by atoms with Gasteiger partial charge in [-0.05, 0) is 60.7 Å². The van der Waals surface area contributed by atoms with E-state index in [0.717, 1.165) is 11.1 Å². The van der Waals surface area contributed by atoms with E-state index in [1.54, 1.807) is 35.4 Å². The highest BCUT2D eigenvalue weighted by Crippen LogP contribution is 2.28. The normalized spacial score (nSPS) is 12.0. The molecule has 0 bridgehead atoms. The molecular formula is C32H33N9O3. The van der Waals surface area contributed by atoms with Crippen LogP contribution in [0.4, 0.5) is 17.6 Å². The average Bonchev–Trinajstić information content (AvgIpc) is 3.04. The summed E-state index contributed by atoms with van der Waals surface area (Å²) in [6.45, 7) is 1.98. The minimum atomic E-state index is -0.574. The predicted octanol–water partition coefficient (Wildman–Crippen LogP) is 3.86. The molecule has 3 aromatic carbocycles. The van der Waals surface area contributed by atoms with Gasteiger partial charge in [-0.2, -0.15) is 9.97 Å². The number of carbonyl (C=O) groups is 1. The summed E-state index contributed by atoms with van der Waals surface area (Å²) in [5, 5.41) is 12.8. The molecule has 0 fully saturated rings. The standard InChI is InChI=1S/C32H33N9O3/c1-3-24(36-28-23(18-35-2)27(33)38-32(34)39-28)29-37-25-11-7-8-20(15-12-19-13-16-21(17-14-19)30(42)40-44)26(25)31(43)41(29)22-9-5-4-6-10-22/h4-11,13-14,16-18,24,44H,3,12,15H2,1-2H3,(H,40,42)(H5,33,34,36,38,39)/b35-18+/t24-/m0/s1. The van der Waals surface area contributed by atoms with Crippen LogP contribution in [0.2, 0.25) is 0 Å². The number of nitrogens with two attached hydrogens (primary N) is 2. The molecule has 0 radical (unpaired) electrons. The molecule has 224 valence electrons. The maximum atomic E-state index is 14.4. The first kappa shape index (κ1) is 29.9. The third-order valence-corrected chi connectivity index (χ3v) is 7.31. The number of aromatic nitrogens is 4. The van der Waals surface area contributed by atoms with E-state index in [9.17, 15) is 9.59 Å². The van der Waals surface area contributed by atoms with Crippen molar-refractivity contribution in [3.63, 3.8) is 0 Å². The Balaban J connectivity index is 1.60. The van der Waals surface area contributed by atoms with Gasteiger partial charge in [-0.1, -0.05) is 49.4 Å². The molecule has 2 heterocycles. The quantitative estimate of drug-likeness (QED) is 0.0913. The number of hydrogen-bond donors (Lipinski definition) is 5. The number of nitrogens with one attached hydrogen (secondary N) is 2. The van der Waals surface area contributed by atoms with Crippen molar-refractivity contribution in [3.8, 4) is 5.69 Å². The lowest BCUT2D eigenvalue weighted by Crippen LogP contribution is -2.29. The number of fused-ring (bicyclic) bond motifs is 1. The first-order valence-corrected chi connectivity index (χ1v) is 14.1. The molecule has 7 N–H and O–H groups in total. The van der Waals surface area contributed by atoms with E-state index in [-0.39, 0.29) is 17.3 Å². The van der Waals surface area contributed by atoms with Crippen LogP contribution in [-0.2, 0) is 12.8 Å². The zero-order valence-corrected chi connectivity index (χ0v) is 24.4. The van der Waals surface area contributed by atoms with Crippen LogP contribution in [0.5, 0.6) is 0 Å². The highest BCUT2D eigenvalue weighted by Gasteiger charge is 2.23. The smallest absolute Gasteiger partial charge is 0.274 e. The van der Waals surface area contributed by atoms with Crippen LogP contribution in [0.25, 0.3) is 16.6 Å². The fourth-order valence-electron chi connectivity index (χ4n) is 5.14. The Hall–Kier alpha value is -5.62. The molecule has 0 unspecified atom stereocenters. The number of para-hydroxylation sites is 1. The maximum absolute atomic E-state index is 14.4. The van der Waals surface area contributed by atoms with E-state index < -0.39 is 11.9 Å². The number of amides is 1. The van der Waals surface area contributed by atoms with Crippen molar-refractivity contribution >= 4 is 40.6 Å². The van der Waals surface area contributed by atoms with Crippen molar-refractivity contribution in [2.75, 3.05) is 23.8 Å². The Kier molecular flexibility index (Phi) is 8.91. The van der Waals surface area contributed by atoms with Crippen LogP contribution in [0, 0.1) is 0 Å². The van der Waals surface area contributed by atoms with Crippen molar-refractivity contribution < 1.29 is 10.0 Å². The van der Waals surface area contributed by atoms with Gasteiger partial charge in [-0.3, -0.25) is 24.4 Å². The number of hydroxylamine groups is 1. The Morgan fingerprint density at radius 2 is 1.75 bits per heavy atom. The Morgan fingerprint density at radius 3 is 2.43 bits per heavy atom. The monoisotopic (exact) mass is 591 g/mol. The van der Waals surface area contributed by atoms with E-state index in [1.807, 2.05) is 67.6 Å². The Bertz CT molecular complexity index is 1890. The Labute approximate surface area is 253 Å². The highest BCUT2D eigenvalue weighted by molar-refractivity contribution is 5.93. The summed E-state index contributed by atoms with van der Waals surface area (Å²) in [4.78, 5) is 43.7. The van der Waals surface area contributed by atoms with Gasteiger partial charge in [0, 0.05) is 18.8 Å². The second-order valence-corrected chi connectivity index (χ2v) is 10.1. The first-order chi connectivity index (χ1) is 21.3. The molecule has 0 aliphatic heterocycles. The summed E-state index contributed by atoms with van der Waals surface area (Å²) < 4.78 is 1.64. The van der Waals surface area contributed by atoms with Gasteiger partial charge in [0.05, 0.1) is 28.2 Å². The second kappa shape index (κ2) is 13.1. The number of benzene rings is 3. The van der Waals surface area contributed by atoms with E-state index in [0.29, 0.717) is 58.6 Å². The third kappa shape index (κ3) is 6.10. The number of carbonyl (C=O) groups excluding carboxylic acids is 1. The zero-order valence-electron chi connectivity index (χ0n) is 24.4. The van der Waals surface area contributed by atoms with E-state index in [2.05, 4.69) is 20.3 Å². The van der Waals surface area contributed by atoms with Crippen LogP contribution in [0.1, 0.15) is 52.3 Å². The number of rotatable bonds is 10. The average molecular weight is 592 g/mol. The molecular weight excluding hydrogens is 558 g/mol. The van der Waals surface area contributed by atoms with Gasteiger partial charge < -0.3 is 16.8 Å². The van der Waals surface area contributed by atoms with Crippen LogP contribution in [-0.4, -0.2) is 43.9 Å². The summed E-state index contributed by atoms with van der Waals surface area (Å²) in [5.41, 5.74) is 17.4. The molecule has 2 aromatic heterocycles. The van der Waals surface area contributed by atoms with Gasteiger partial charge in [0.15, 0.2) is 0 Å². The number of anilines is 3. The number of nitrogens with zero attached hydrogens (tertiary/aromatic N) is 5. The van der Waals surface area contributed by atoms with Crippen molar-refractivity contribution in [2.24, 2.45) is 4.99 Å². The molecule has 0 spiro atoms. The van der Waals surface area contributed by atoms with Gasteiger partial charge in [0.1, 0.15) is 17.5 Å². The Morgan fingerprint density at radius 1 is 1.00 bits per heavy atom. The van der Waals surface area contributed by atoms with Crippen molar-refractivity contribution in [1.82, 2.24) is 25.0 Å². The van der Waals surface area contributed by atoms with Gasteiger partial charge in [0.2, 0.25) is 5.95 Å². The predicted molar refractivity (Wildman–Crippen MR) is 171 cm³/mol. The molecule has 5 rings (SSSR count). The van der Waals surface area contributed by atoms with Gasteiger partial charge in [0.25, 0.3) is 11.5 Å². The molecule has 44 heavy (non-hydrogen) atoms. The third-order valence-electron chi connectivity index (χ3n) is 7.31. The maximum Gasteiger partial charge on any atom is 0.274 e. The van der Waals surface area contributed by atoms with Gasteiger partial charge in [-0.25, -0.2) is 10.5 Å². The fraction of sp³-hybridized carbons (Fsp3) is 0.188. The molecule has 5 aromatic rings. The van der Waals surface area contributed by atoms with Crippen LogP contribution in [0.15, 0.2) is 82.6 Å². The van der Waals surface area contributed by atoms with Crippen LogP contribution < -0.4 is 27.8 Å². The number of hydrogen-bond acceptors (Lipinski definition) is 10. The van der Waals surface area contributed by atoms with Crippen LogP contribution in [0.3, 0.4) is 0 Å². The lowest BCUT2D eigenvalue weighted by atomic mass is 10.00. The summed E-state index contributed by atoms with van der Waals surface area (Å²) in [6, 6.07) is 21.5. The van der Waals surface area contributed by atoms with Crippen molar-refractivity contribution in [3.05, 3.63) is 111 Å². The molecule has 0 aliphatic rings. The molecule has 1 amide bonds. The summed E-state index contributed by atoms with van der Waals surface area (Å²) in [5.74, 6) is 0.508. The van der Waals surface area contributed by atoms with Gasteiger partial charge in [-0.15, -0.1) is 0 Å². The van der Waals surface area contributed by atoms with Crippen LogP contribution >= 0.6 is 0 Å². The zero-order chi connectivity index (χ0) is 31.2. The fourth-order valence-corrected chi connectivity index (χ4v) is 5.14. The molecule has 0 saturated carbocycles. The van der Waals surface area contributed by atoms with E-state index in [1.165, 1.54) is 0 Å². The summed E-state index contributed by atoms with van der Waals surface area (Å²) in [6.07, 6.45) is 3.32. The number of aliphatic imine (C=N–C) groups is 1. The topological polar surface area (TPSA) is 186 Å². The number of nitrogen functional groups attached to an aromatic ring is 2. The highest BCUT2D eigenvalue weighted by atomic mass is 16.5. The molecule has 1 atom stereocenters. The van der Waals surface area contributed by atoms with Crippen molar-refractivity contribution in [1.29, 1.82) is 0 Å². The lowest BCUT2D eigenvalue weighted by Gasteiger charge is -2.23.